The molecular formula is C14H27N3. The fourth-order valence-corrected chi connectivity index (χ4v) is 3.34. The highest BCUT2D eigenvalue weighted by Crippen LogP contribution is 2.24. The van der Waals surface area contributed by atoms with Crippen LogP contribution in [0.4, 0.5) is 0 Å². The monoisotopic (exact) mass is 237 g/mol. The van der Waals surface area contributed by atoms with Crippen molar-refractivity contribution in [1.82, 2.24) is 4.90 Å². The summed E-state index contributed by atoms with van der Waals surface area (Å²) in [4.78, 5) is 7.13. The van der Waals surface area contributed by atoms with Crippen molar-refractivity contribution in [3.8, 4) is 0 Å². The Kier molecular flexibility index (Phi) is 4.30. The lowest BCUT2D eigenvalue weighted by Gasteiger charge is -2.40. The maximum atomic E-state index is 6.24. The van der Waals surface area contributed by atoms with E-state index in [1.54, 1.807) is 0 Å². The first-order valence-electron chi connectivity index (χ1n) is 7.30. The van der Waals surface area contributed by atoms with Crippen LogP contribution < -0.4 is 5.73 Å². The summed E-state index contributed by atoms with van der Waals surface area (Å²) in [5.41, 5.74) is 6.24. The Balaban J connectivity index is 2.00. The number of nitrogens with zero attached hydrogens (tertiary/aromatic N) is 2. The zero-order valence-electron chi connectivity index (χ0n) is 11.4. The van der Waals surface area contributed by atoms with Crippen LogP contribution in [0.15, 0.2) is 4.99 Å². The van der Waals surface area contributed by atoms with E-state index in [1.165, 1.54) is 51.4 Å². The number of piperidine rings is 1. The van der Waals surface area contributed by atoms with Gasteiger partial charge in [-0.3, -0.25) is 0 Å². The van der Waals surface area contributed by atoms with E-state index in [4.69, 9.17) is 10.7 Å². The molecule has 17 heavy (non-hydrogen) atoms. The van der Waals surface area contributed by atoms with E-state index >= 15 is 0 Å². The maximum absolute atomic E-state index is 6.24. The number of hydrogen-bond donors (Lipinski definition) is 1. The number of hydrogen-bond acceptors (Lipinski definition) is 1. The summed E-state index contributed by atoms with van der Waals surface area (Å²) in [7, 11) is 0. The Bertz CT molecular complexity index is 259. The van der Waals surface area contributed by atoms with Crippen LogP contribution in [0.2, 0.25) is 0 Å². The molecule has 2 rings (SSSR count). The normalized spacial score (nSPS) is 32.8. The van der Waals surface area contributed by atoms with Gasteiger partial charge in [-0.05, 0) is 46.0 Å². The molecule has 0 bridgehead atoms. The van der Waals surface area contributed by atoms with Crippen LogP contribution in [0.5, 0.6) is 0 Å². The minimum absolute atomic E-state index is 0.491. The van der Waals surface area contributed by atoms with Gasteiger partial charge in [-0.1, -0.05) is 19.3 Å². The van der Waals surface area contributed by atoms with E-state index in [9.17, 15) is 0 Å². The highest BCUT2D eigenvalue weighted by Gasteiger charge is 2.26. The topological polar surface area (TPSA) is 41.6 Å². The second-order valence-electron chi connectivity index (χ2n) is 5.82. The quantitative estimate of drug-likeness (QED) is 0.563. The van der Waals surface area contributed by atoms with Crippen LogP contribution in [0.25, 0.3) is 0 Å². The first kappa shape index (κ1) is 12.7. The molecule has 98 valence electrons. The average molecular weight is 237 g/mol. The lowest BCUT2D eigenvalue weighted by Crippen LogP contribution is -2.51. The number of guanidine groups is 1. The standard InChI is InChI=1S/C14H27N3/c1-11-7-6-8-12(2)17(11)14(15)16-13-9-4-3-5-10-13/h11-13H,3-10H2,1-2H3,(H2,15,16). The zero-order chi connectivity index (χ0) is 12.3. The number of likely N-dealkylation sites (tertiary alicyclic amines) is 1. The predicted octanol–water partition coefficient (Wildman–Crippen LogP) is 2.90. The summed E-state index contributed by atoms with van der Waals surface area (Å²) in [6, 6.07) is 1.61. The molecule has 2 aliphatic rings. The van der Waals surface area contributed by atoms with Crippen LogP contribution in [-0.4, -0.2) is 29.0 Å². The van der Waals surface area contributed by atoms with E-state index in [2.05, 4.69) is 18.7 Å². The molecule has 2 fully saturated rings. The van der Waals surface area contributed by atoms with Crippen molar-refractivity contribution in [2.75, 3.05) is 0 Å². The fraction of sp³-hybridized carbons (Fsp3) is 0.929. The zero-order valence-corrected chi connectivity index (χ0v) is 11.4. The Morgan fingerprint density at radius 3 is 2.12 bits per heavy atom. The molecule has 1 saturated carbocycles. The van der Waals surface area contributed by atoms with E-state index in [0.29, 0.717) is 18.1 Å². The molecule has 1 saturated heterocycles. The Morgan fingerprint density at radius 2 is 1.53 bits per heavy atom. The van der Waals surface area contributed by atoms with Gasteiger partial charge in [0.2, 0.25) is 0 Å². The minimum atomic E-state index is 0.491. The Labute approximate surface area is 105 Å². The lowest BCUT2D eigenvalue weighted by molar-refractivity contribution is 0.187. The van der Waals surface area contributed by atoms with Crippen molar-refractivity contribution in [2.24, 2.45) is 10.7 Å². The molecule has 1 heterocycles. The van der Waals surface area contributed by atoms with E-state index in [0.717, 1.165) is 5.96 Å². The molecule has 2 N–H and O–H groups in total. The number of nitrogens with two attached hydrogens (primary N) is 1. The van der Waals surface area contributed by atoms with Gasteiger partial charge < -0.3 is 10.6 Å². The fourth-order valence-electron chi connectivity index (χ4n) is 3.34. The van der Waals surface area contributed by atoms with Crippen molar-refractivity contribution >= 4 is 5.96 Å². The van der Waals surface area contributed by atoms with Crippen molar-refractivity contribution in [3.05, 3.63) is 0 Å². The van der Waals surface area contributed by atoms with Crippen molar-refractivity contribution in [3.63, 3.8) is 0 Å². The minimum Gasteiger partial charge on any atom is -0.370 e. The SMILES string of the molecule is CC1CCCC(C)N1C(N)=NC1CCCCC1. The number of rotatable bonds is 1. The van der Waals surface area contributed by atoms with Crippen molar-refractivity contribution in [2.45, 2.75) is 83.3 Å². The van der Waals surface area contributed by atoms with Gasteiger partial charge >= 0.3 is 0 Å². The molecule has 2 atom stereocenters. The van der Waals surface area contributed by atoms with E-state index < -0.39 is 0 Å². The highest BCUT2D eigenvalue weighted by molar-refractivity contribution is 5.79. The van der Waals surface area contributed by atoms with Gasteiger partial charge in [-0.15, -0.1) is 0 Å². The van der Waals surface area contributed by atoms with Crippen LogP contribution in [0.3, 0.4) is 0 Å². The molecule has 0 spiro atoms. The summed E-state index contributed by atoms with van der Waals surface area (Å²) < 4.78 is 0. The molecule has 2 unspecified atom stereocenters. The van der Waals surface area contributed by atoms with Crippen LogP contribution in [-0.2, 0) is 0 Å². The molecule has 0 aromatic rings. The molecule has 1 aliphatic carbocycles. The van der Waals surface area contributed by atoms with Gasteiger partial charge in [0.15, 0.2) is 5.96 Å². The highest BCUT2D eigenvalue weighted by atomic mass is 15.3. The first-order chi connectivity index (χ1) is 8.18. The van der Waals surface area contributed by atoms with Crippen molar-refractivity contribution in [1.29, 1.82) is 0 Å². The molecule has 0 radical (unpaired) electrons. The lowest BCUT2D eigenvalue weighted by atomic mass is 9.96. The third-order valence-corrected chi connectivity index (χ3v) is 4.35. The first-order valence-corrected chi connectivity index (χ1v) is 7.30. The molecule has 0 amide bonds. The van der Waals surface area contributed by atoms with Crippen LogP contribution in [0, 0.1) is 0 Å². The summed E-state index contributed by atoms with van der Waals surface area (Å²) >= 11 is 0. The molecule has 0 aromatic heterocycles. The van der Waals surface area contributed by atoms with Gasteiger partial charge in [0.1, 0.15) is 0 Å². The van der Waals surface area contributed by atoms with Gasteiger partial charge in [-0.25, -0.2) is 4.99 Å². The second kappa shape index (κ2) is 5.74. The summed E-state index contributed by atoms with van der Waals surface area (Å²) in [5.74, 6) is 0.802. The average Bonchev–Trinajstić information content (AvgIpc) is 2.30. The Hall–Kier alpha value is -0.730. The predicted molar refractivity (Wildman–Crippen MR) is 73.1 cm³/mol. The largest absolute Gasteiger partial charge is 0.370 e. The van der Waals surface area contributed by atoms with E-state index in [1.807, 2.05) is 0 Å². The summed E-state index contributed by atoms with van der Waals surface area (Å²) in [5, 5.41) is 0. The van der Waals surface area contributed by atoms with Crippen LogP contribution in [0.1, 0.15) is 65.2 Å². The Morgan fingerprint density at radius 1 is 0.941 bits per heavy atom. The smallest absolute Gasteiger partial charge is 0.192 e. The van der Waals surface area contributed by atoms with Crippen LogP contribution >= 0.6 is 0 Å². The van der Waals surface area contributed by atoms with Gasteiger partial charge in [0.25, 0.3) is 0 Å². The van der Waals surface area contributed by atoms with Gasteiger partial charge in [-0.2, -0.15) is 0 Å². The van der Waals surface area contributed by atoms with Gasteiger partial charge in [0, 0.05) is 12.1 Å². The molecule has 1 aliphatic heterocycles. The summed E-state index contributed by atoms with van der Waals surface area (Å²) in [6.45, 7) is 4.55. The third kappa shape index (κ3) is 3.14. The van der Waals surface area contributed by atoms with Crippen molar-refractivity contribution < 1.29 is 0 Å². The second-order valence-corrected chi connectivity index (χ2v) is 5.82. The van der Waals surface area contributed by atoms with E-state index in [-0.39, 0.29) is 0 Å². The third-order valence-electron chi connectivity index (χ3n) is 4.35. The number of aliphatic imine (C=N–C) groups is 1. The maximum Gasteiger partial charge on any atom is 0.192 e. The van der Waals surface area contributed by atoms with Gasteiger partial charge in [0.05, 0.1) is 6.04 Å². The summed E-state index contributed by atoms with van der Waals surface area (Å²) in [6.07, 6.45) is 10.3. The molecule has 3 nitrogen and oxygen atoms in total. The molecule has 3 heteroatoms. The molecular weight excluding hydrogens is 210 g/mol. The molecule has 0 aromatic carbocycles.